The number of aryl methyl sites for hydroxylation is 1. The summed E-state index contributed by atoms with van der Waals surface area (Å²) in [6.07, 6.45) is 0.831. The molecule has 0 aromatic carbocycles. The van der Waals surface area contributed by atoms with Crippen molar-refractivity contribution in [2.45, 2.75) is 26.3 Å². The van der Waals surface area contributed by atoms with Crippen LogP contribution in [0.1, 0.15) is 18.5 Å². The number of esters is 1. The number of hydrogen-bond donors (Lipinski definition) is 0. The van der Waals surface area contributed by atoms with Gasteiger partial charge >= 0.3 is 10.8 Å². The van der Waals surface area contributed by atoms with E-state index in [1.165, 1.54) is 16.6 Å². The fraction of sp³-hybridized carbons (Fsp3) is 0.583. The molecule has 6 nitrogen and oxygen atoms in total. The van der Waals surface area contributed by atoms with E-state index >= 15 is 0 Å². The maximum atomic E-state index is 11.9. The maximum absolute atomic E-state index is 11.9. The molecule has 0 radical (unpaired) electrons. The summed E-state index contributed by atoms with van der Waals surface area (Å²) in [4.78, 5) is 35.7. The Labute approximate surface area is 115 Å². The minimum absolute atomic E-state index is 0.0445. The number of carbonyl (C=O) groups is 2. The molecule has 0 unspecified atom stereocenters. The Bertz CT molecular complexity index is 506. The predicted molar refractivity (Wildman–Crippen MR) is 72.2 cm³/mol. The first-order chi connectivity index (χ1) is 8.95. The summed E-state index contributed by atoms with van der Waals surface area (Å²) in [5.74, 6) is -0.431. The zero-order valence-electron chi connectivity index (χ0n) is 11.3. The van der Waals surface area contributed by atoms with Crippen molar-refractivity contribution in [2.24, 2.45) is 0 Å². The summed E-state index contributed by atoms with van der Waals surface area (Å²) >= 11 is 1.08. The first-order valence-electron chi connectivity index (χ1n) is 5.91. The number of amides is 1. The number of hydrogen-bond acceptors (Lipinski definition) is 5. The summed E-state index contributed by atoms with van der Waals surface area (Å²) < 4.78 is 5.97. The van der Waals surface area contributed by atoms with Gasteiger partial charge in [0.05, 0.1) is 7.11 Å². The summed E-state index contributed by atoms with van der Waals surface area (Å²) in [6, 6.07) is 0. The van der Waals surface area contributed by atoms with E-state index in [1.807, 2.05) is 0 Å². The van der Waals surface area contributed by atoms with E-state index in [1.54, 1.807) is 19.4 Å². The van der Waals surface area contributed by atoms with Gasteiger partial charge in [0.2, 0.25) is 5.91 Å². The van der Waals surface area contributed by atoms with Gasteiger partial charge < -0.3 is 9.64 Å². The highest BCUT2D eigenvalue weighted by molar-refractivity contribution is 7.07. The molecule has 1 rings (SSSR count). The van der Waals surface area contributed by atoms with Gasteiger partial charge in [-0.15, -0.1) is 0 Å². The lowest BCUT2D eigenvalue weighted by Gasteiger charge is -2.17. The average Bonchev–Trinajstić information content (AvgIpc) is 2.69. The first kappa shape index (κ1) is 15.4. The summed E-state index contributed by atoms with van der Waals surface area (Å²) in [5.41, 5.74) is 0.784. The Morgan fingerprint density at radius 1 is 1.47 bits per heavy atom. The molecule has 1 amide bonds. The van der Waals surface area contributed by atoms with E-state index in [9.17, 15) is 14.4 Å². The number of nitrogens with zero attached hydrogens (tertiary/aromatic N) is 2. The zero-order chi connectivity index (χ0) is 14.4. The second-order valence-electron chi connectivity index (χ2n) is 4.22. The standard InChI is InChI=1S/C12H18N2O4S/c1-9-8-19-12(17)14(9)7-10(15)13(2)6-4-5-11(16)18-3/h8H,4-7H2,1-3H3. The van der Waals surface area contributed by atoms with Crippen LogP contribution in [0, 0.1) is 6.92 Å². The van der Waals surface area contributed by atoms with Crippen molar-refractivity contribution >= 4 is 23.2 Å². The first-order valence-corrected chi connectivity index (χ1v) is 6.79. The molecule has 0 aliphatic carbocycles. The monoisotopic (exact) mass is 286 g/mol. The Morgan fingerprint density at radius 2 is 2.16 bits per heavy atom. The lowest BCUT2D eigenvalue weighted by Crippen LogP contribution is -2.33. The third-order valence-electron chi connectivity index (χ3n) is 2.80. The van der Waals surface area contributed by atoms with Crippen molar-refractivity contribution in [3.63, 3.8) is 0 Å². The molecular formula is C12H18N2O4S. The number of carbonyl (C=O) groups excluding carboxylic acids is 2. The normalized spacial score (nSPS) is 10.3. The van der Waals surface area contributed by atoms with Crippen molar-refractivity contribution in [1.82, 2.24) is 9.47 Å². The van der Waals surface area contributed by atoms with Crippen molar-refractivity contribution < 1.29 is 14.3 Å². The van der Waals surface area contributed by atoms with Gasteiger partial charge in [-0.3, -0.25) is 19.0 Å². The number of aromatic nitrogens is 1. The van der Waals surface area contributed by atoms with E-state index in [0.717, 1.165) is 17.0 Å². The molecule has 1 heterocycles. The highest BCUT2D eigenvalue weighted by Crippen LogP contribution is 2.01. The molecule has 0 spiro atoms. The summed E-state index contributed by atoms with van der Waals surface area (Å²) in [6.45, 7) is 2.30. The molecule has 1 aromatic rings. The van der Waals surface area contributed by atoms with Gasteiger partial charge in [-0.25, -0.2) is 0 Å². The fourth-order valence-corrected chi connectivity index (χ4v) is 2.27. The lowest BCUT2D eigenvalue weighted by molar-refractivity contribution is -0.141. The van der Waals surface area contributed by atoms with Crippen LogP contribution < -0.4 is 4.87 Å². The predicted octanol–water partition coefficient (Wildman–Crippen LogP) is 0.630. The third kappa shape index (κ3) is 4.51. The summed E-state index contributed by atoms with van der Waals surface area (Å²) in [5, 5.41) is 1.73. The van der Waals surface area contributed by atoms with Crippen molar-refractivity contribution in [2.75, 3.05) is 20.7 Å². The molecule has 0 saturated heterocycles. The third-order valence-corrected chi connectivity index (χ3v) is 3.68. The van der Waals surface area contributed by atoms with E-state index in [2.05, 4.69) is 4.74 Å². The molecule has 7 heteroatoms. The molecule has 0 aliphatic rings. The van der Waals surface area contributed by atoms with Gasteiger partial charge in [-0.05, 0) is 13.3 Å². The Balaban J connectivity index is 2.45. The minimum atomic E-state index is -0.286. The van der Waals surface area contributed by atoms with Crippen molar-refractivity contribution in [1.29, 1.82) is 0 Å². The molecule has 0 fully saturated rings. The largest absolute Gasteiger partial charge is 0.469 e. The van der Waals surface area contributed by atoms with Crippen LogP contribution in [-0.4, -0.2) is 42.0 Å². The minimum Gasteiger partial charge on any atom is -0.469 e. The highest BCUT2D eigenvalue weighted by atomic mass is 32.1. The number of methoxy groups -OCH3 is 1. The summed E-state index contributed by atoms with van der Waals surface area (Å²) in [7, 11) is 3.00. The lowest BCUT2D eigenvalue weighted by atomic mass is 10.3. The van der Waals surface area contributed by atoms with Crippen LogP contribution in [0.25, 0.3) is 0 Å². The van der Waals surface area contributed by atoms with Crippen LogP contribution in [0.2, 0.25) is 0 Å². The quantitative estimate of drug-likeness (QED) is 0.719. The van der Waals surface area contributed by atoms with E-state index in [4.69, 9.17) is 0 Å². The number of likely N-dealkylation sites (N-methyl/N-ethyl adjacent to an activating group) is 1. The molecular weight excluding hydrogens is 268 g/mol. The van der Waals surface area contributed by atoms with Crippen LogP contribution in [0.4, 0.5) is 0 Å². The van der Waals surface area contributed by atoms with Crippen LogP contribution in [0.3, 0.4) is 0 Å². The molecule has 0 atom stereocenters. The molecule has 106 valence electrons. The van der Waals surface area contributed by atoms with Crippen LogP contribution in [-0.2, 0) is 20.9 Å². The van der Waals surface area contributed by atoms with Gasteiger partial charge in [-0.2, -0.15) is 0 Å². The molecule has 1 aromatic heterocycles. The maximum Gasteiger partial charge on any atom is 0.307 e. The average molecular weight is 286 g/mol. The molecule has 0 bridgehead atoms. The fourth-order valence-electron chi connectivity index (χ4n) is 1.54. The van der Waals surface area contributed by atoms with Gasteiger partial charge in [0.25, 0.3) is 0 Å². The molecule has 19 heavy (non-hydrogen) atoms. The van der Waals surface area contributed by atoms with Crippen LogP contribution in [0.5, 0.6) is 0 Å². The van der Waals surface area contributed by atoms with Gasteiger partial charge in [0, 0.05) is 31.1 Å². The van der Waals surface area contributed by atoms with Gasteiger partial charge in [0.1, 0.15) is 6.54 Å². The number of thiazole rings is 1. The topological polar surface area (TPSA) is 68.6 Å². The van der Waals surface area contributed by atoms with Crippen molar-refractivity contribution in [3.05, 3.63) is 20.7 Å². The molecule has 0 saturated carbocycles. The van der Waals surface area contributed by atoms with E-state index < -0.39 is 0 Å². The van der Waals surface area contributed by atoms with Gasteiger partial charge in [0.15, 0.2) is 0 Å². The second kappa shape index (κ2) is 7.08. The number of rotatable bonds is 6. The Kier molecular flexibility index (Phi) is 5.75. The van der Waals surface area contributed by atoms with Gasteiger partial charge in [-0.1, -0.05) is 11.3 Å². The van der Waals surface area contributed by atoms with E-state index in [0.29, 0.717) is 13.0 Å². The van der Waals surface area contributed by atoms with Crippen molar-refractivity contribution in [3.8, 4) is 0 Å². The van der Waals surface area contributed by atoms with Crippen LogP contribution >= 0.6 is 11.3 Å². The molecule has 0 aliphatic heterocycles. The SMILES string of the molecule is COC(=O)CCCN(C)C(=O)Cn1c(C)csc1=O. The van der Waals surface area contributed by atoms with Crippen LogP contribution in [0.15, 0.2) is 10.2 Å². The number of ether oxygens (including phenoxy) is 1. The zero-order valence-corrected chi connectivity index (χ0v) is 12.2. The highest BCUT2D eigenvalue weighted by Gasteiger charge is 2.13. The Morgan fingerprint density at radius 3 is 2.68 bits per heavy atom. The second-order valence-corrected chi connectivity index (χ2v) is 5.04. The van der Waals surface area contributed by atoms with E-state index in [-0.39, 0.29) is 29.7 Å². The Hall–Kier alpha value is -1.63. The molecule has 0 N–H and O–H groups in total. The smallest absolute Gasteiger partial charge is 0.307 e.